The zero-order valence-corrected chi connectivity index (χ0v) is 16.5. The molecule has 2 amide bonds. The van der Waals surface area contributed by atoms with Crippen LogP contribution in [0.1, 0.15) is 50.4 Å². The smallest absolute Gasteiger partial charge is 0.255 e. The maximum absolute atomic E-state index is 12.8. The van der Waals surface area contributed by atoms with Crippen LogP contribution >= 0.6 is 0 Å². The molecule has 0 aliphatic heterocycles. The van der Waals surface area contributed by atoms with Gasteiger partial charge in [0, 0.05) is 23.6 Å². The molecule has 0 spiro atoms. The maximum Gasteiger partial charge on any atom is 0.255 e. The third kappa shape index (κ3) is 4.35. The van der Waals surface area contributed by atoms with Crippen molar-refractivity contribution >= 4 is 11.8 Å². The Hall–Kier alpha value is -2.28. The van der Waals surface area contributed by atoms with Crippen LogP contribution in [0.5, 0.6) is 11.5 Å². The van der Waals surface area contributed by atoms with E-state index in [1.165, 1.54) is 7.11 Å². The summed E-state index contributed by atoms with van der Waals surface area (Å²) in [4.78, 5) is 23.6. The predicted molar refractivity (Wildman–Crippen MR) is 102 cm³/mol. The highest BCUT2D eigenvalue weighted by Crippen LogP contribution is 2.49. The fraction of sp³-hybridized carbons (Fsp3) is 0.600. The van der Waals surface area contributed by atoms with E-state index in [0.717, 1.165) is 19.3 Å². The van der Waals surface area contributed by atoms with Crippen molar-refractivity contribution in [2.24, 2.45) is 11.1 Å². The highest BCUT2D eigenvalue weighted by molar-refractivity contribution is 5.95. The average Bonchev–Trinajstić information content (AvgIpc) is 2.66. The van der Waals surface area contributed by atoms with E-state index < -0.39 is 5.91 Å². The summed E-state index contributed by atoms with van der Waals surface area (Å²) < 4.78 is 16.4. The van der Waals surface area contributed by atoms with Gasteiger partial charge >= 0.3 is 0 Å². The molecule has 1 fully saturated rings. The molecular formula is C20H30N2O5. The standard InChI is InChI=1S/C20H30N2O5/c1-5-20(6-2)16(11-17(20)26-7-3)22-19(24)13-8-9-14(15(10-13)25-4)27-12-18(21)23/h8-10,16-17H,5-7,11-12H2,1-4H3,(H2,21,23)(H,22,24). The molecule has 0 heterocycles. The summed E-state index contributed by atoms with van der Waals surface area (Å²) in [6.07, 6.45) is 2.89. The van der Waals surface area contributed by atoms with Gasteiger partial charge in [-0.15, -0.1) is 0 Å². The van der Waals surface area contributed by atoms with Crippen LogP contribution < -0.4 is 20.5 Å². The number of carbonyl (C=O) groups is 2. The molecule has 0 bridgehead atoms. The van der Waals surface area contributed by atoms with Crippen LogP contribution in [-0.2, 0) is 9.53 Å². The molecule has 7 heteroatoms. The van der Waals surface area contributed by atoms with Gasteiger partial charge in [0.05, 0.1) is 13.2 Å². The molecular weight excluding hydrogens is 348 g/mol. The van der Waals surface area contributed by atoms with Gasteiger partial charge in [-0.25, -0.2) is 0 Å². The average molecular weight is 378 g/mol. The predicted octanol–water partition coefficient (Wildman–Crippen LogP) is 2.27. The van der Waals surface area contributed by atoms with E-state index in [4.69, 9.17) is 19.9 Å². The van der Waals surface area contributed by atoms with Crippen LogP contribution in [0.4, 0.5) is 0 Å². The number of rotatable bonds is 10. The lowest BCUT2D eigenvalue weighted by molar-refractivity contribution is -0.134. The lowest BCUT2D eigenvalue weighted by atomic mass is 9.58. The van der Waals surface area contributed by atoms with Gasteiger partial charge in [0.2, 0.25) is 0 Å². The topological polar surface area (TPSA) is 99.9 Å². The number of hydrogen-bond donors (Lipinski definition) is 2. The molecule has 1 aromatic carbocycles. The number of nitrogens with one attached hydrogen (secondary N) is 1. The van der Waals surface area contributed by atoms with Crippen molar-refractivity contribution in [2.45, 2.75) is 52.2 Å². The Balaban J connectivity index is 2.10. The monoisotopic (exact) mass is 378 g/mol. The molecule has 2 atom stereocenters. The summed E-state index contributed by atoms with van der Waals surface area (Å²) in [5.41, 5.74) is 5.54. The number of hydrogen-bond acceptors (Lipinski definition) is 5. The molecule has 1 aromatic rings. The van der Waals surface area contributed by atoms with Gasteiger partial charge < -0.3 is 25.3 Å². The minimum Gasteiger partial charge on any atom is -0.493 e. The van der Waals surface area contributed by atoms with E-state index in [-0.39, 0.29) is 30.1 Å². The summed E-state index contributed by atoms with van der Waals surface area (Å²) in [5, 5.41) is 3.15. The molecule has 2 rings (SSSR count). The quantitative estimate of drug-likeness (QED) is 0.651. The van der Waals surface area contributed by atoms with Crippen LogP contribution in [-0.4, -0.2) is 44.3 Å². The molecule has 150 valence electrons. The van der Waals surface area contributed by atoms with Crippen LogP contribution in [0.25, 0.3) is 0 Å². The molecule has 0 aromatic heterocycles. The second-order valence-electron chi connectivity index (χ2n) is 6.77. The number of methoxy groups -OCH3 is 1. The minimum absolute atomic E-state index is 0.0275. The lowest BCUT2D eigenvalue weighted by Crippen LogP contribution is -2.64. The van der Waals surface area contributed by atoms with Crippen LogP contribution in [0, 0.1) is 5.41 Å². The summed E-state index contributed by atoms with van der Waals surface area (Å²) in [6, 6.07) is 4.93. The Labute approximate surface area is 160 Å². The van der Waals surface area contributed by atoms with Crippen molar-refractivity contribution < 1.29 is 23.8 Å². The zero-order valence-electron chi connectivity index (χ0n) is 16.5. The Morgan fingerprint density at radius 1 is 1.22 bits per heavy atom. The van der Waals surface area contributed by atoms with E-state index in [0.29, 0.717) is 23.7 Å². The van der Waals surface area contributed by atoms with Gasteiger partial charge in [0.25, 0.3) is 11.8 Å². The first-order valence-electron chi connectivity index (χ1n) is 9.43. The molecule has 1 aliphatic carbocycles. The number of primary amides is 1. The molecule has 0 radical (unpaired) electrons. The van der Waals surface area contributed by atoms with Crippen LogP contribution in [0.3, 0.4) is 0 Å². The highest BCUT2D eigenvalue weighted by Gasteiger charge is 2.53. The number of carbonyl (C=O) groups excluding carboxylic acids is 2. The molecule has 1 aliphatic rings. The van der Waals surface area contributed by atoms with Crippen molar-refractivity contribution in [3.8, 4) is 11.5 Å². The van der Waals surface area contributed by atoms with Crippen molar-refractivity contribution in [1.29, 1.82) is 0 Å². The Bertz CT molecular complexity index is 672. The first-order chi connectivity index (χ1) is 12.9. The summed E-state index contributed by atoms with van der Waals surface area (Å²) in [7, 11) is 1.48. The Kier molecular flexibility index (Phi) is 7.07. The fourth-order valence-corrected chi connectivity index (χ4v) is 3.90. The normalized spacial score (nSPS) is 20.4. The van der Waals surface area contributed by atoms with Crippen LogP contribution in [0.2, 0.25) is 0 Å². The maximum atomic E-state index is 12.8. The fourth-order valence-electron chi connectivity index (χ4n) is 3.90. The Morgan fingerprint density at radius 2 is 1.93 bits per heavy atom. The first-order valence-corrected chi connectivity index (χ1v) is 9.43. The second-order valence-corrected chi connectivity index (χ2v) is 6.77. The van der Waals surface area contributed by atoms with Crippen molar-refractivity contribution in [3.05, 3.63) is 23.8 Å². The number of amides is 2. The minimum atomic E-state index is -0.580. The molecule has 1 saturated carbocycles. The van der Waals surface area contributed by atoms with E-state index in [1.807, 2.05) is 6.92 Å². The van der Waals surface area contributed by atoms with Gasteiger partial charge in [-0.3, -0.25) is 9.59 Å². The first kappa shape index (κ1) is 21.0. The van der Waals surface area contributed by atoms with E-state index in [9.17, 15) is 9.59 Å². The van der Waals surface area contributed by atoms with E-state index >= 15 is 0 Å². The van der Waals surface area contributed by atoms with Crippen molar-refractivity contribution in [2.75, 3.05) is 20.3 Å². The van der Waals surface area contributed by atoms with Crippen LogP contribution in [0.15, 0.2) is 18.2 Å². The number of nitrogens with two attached hydrogens (primary N) is 1. The van der Waals surface area contributed by atoms with Crippen molar-refractivity contribution in [3.63, 3.8) is 0 Å². The van der Waals surface area contributed by atoms with Gasteiger partial charge in [0.15, 0.2) is 18.1 Å². The molecule has 2 unspecified atom stereocenters. The number of benzene rings is 1. The third-order valence-electron chi connectivity index (χ3n) is 5.57. The number of ether oxygens (including phenoxy) is 3. The molecule has 3 N–H and O–H groups in total. The van der Waals surface area contributed by atoms with Gasteiger partial charge in [0.1, 0.15) is 0 Å². The van der Waals surface area contributed by atoms with Gasteiger partial charge in [-0.05, 0) is 44.4 Å². The summed E-state index contributed by atoms with van der Waals surface area (Å²) in [5.74, 6) is -0.00419. The zero-order chi connectivity index (χ0) is 20.0. The van der Waals surface area contributed by atoms with E-state index in [1.54, 1.807) is 18.2 Å². The van der Waals surface area contributed by atoms with E-state index in [2.05, 4.69) is 19.2 Å². The van der Waals surface area contributed by atoms with Crippen molar-refractivity contribution in [1.82, 2.24) is 5.32 Å². The summed E-state index contributed by atoms with van der Waals surface area (Å²) >= 11 is 0. The Morgan fingerprint density at radius 3 is 2.48 bits per heavy atom. The van der Waals surface area contributed by atoms with Gasteiger partial charge in [-0.2, -0.15) is 0 Å². The molecule has 0 saturated heterocycles. The lowest BCUT2D eigenvalue weighted by Gasteiger charge is -2.55. The van der Waals surface area contributed by atoms with Gasteiger partial charge in [-0.1, -0.05) is 13.8 Å². The molecule has 27 heavy (non-hydrogen) atoms. The third-order valence-corrected chi connectivity index (χ3v) is 5.57. The second kappa shape index (κ2) is 9.08. The molecule has 7 nitrogen and oxygen atoms in total. The SMILES string of the molecule is CCOC1CC(NC(=O)c2ccc(OCC(N)=O)c(OC)c2)C1(CC)CC. The summed E-state index contributed by atoms with van der Waals surface area (Å²) in [6.45, 7) is 6.70. The highest BCUT2D eigenvalue weighted by atomic mass is 16.5. The largest absolute Gasteiger partial charge is 0.493 e.